The molecule has 2 heterocycles. The van der Waals surface area contributed by atoms with Gasteiger partial charge in [-0.05, 0) is 32.1 Å². The Bertz CT molecular complexity index is 509. The molecule has 0 unspecified atom stereocenters. The van der Waals surface area contributed by atoms with Crippen LogP contribution in [0.3, 0.4) is 0 Å². The highest BCUT2D eigenvalue weighted by atomic mass is 16.2. The quantitative estimate of drug-likeness (QED) is 0.733. The zero-order valence-corrected chi connectivity index (χ0v) is 10.6. The fourth-order valence-electron chi connectivity index (χ4n) is 2.48. The van der Waals surface area contributed by atoms with Crippen LogP contribution in [0.1, 0.15) is 31.4 Å². The normalized spacial score (nSPS) is 19.4. The molecule has 1 fully saturated rings. The number of nitrogens with zero attached hydrogens (tertiary/aromatic N) is 2. The number of carbonyl (C=O) groups excluding carboxylic acids is 2. The topological polar surface area (TPSA) is 102 Å². The van der Waals surface area contributed by atoms with Crippen molar-refractivity contribution in [1.29, 1.82) is 0 Å². The third-order valence-electron chi connectivity index (χ3n) is 3.70. The summed E-state index contributed by atoms with van der Waals surface area (Å²) in [6, 6.07) is 1.23. The average molecular weight is 263 g/mol. The lowest BCUT2D eigenvalue weighted by Gasteiger charge is -2.14. The van der Waals surface area contributed by atoms with Crippen LogP contribution in [0.25, 0.3) is 0 Å². The van der Waals surface area contributed by atoms with Gasteiger partial charge >= 0.3 is 6.03 Å². The number of nitrogens with one attached hydrogen (secondary N) is 2. The molecule has 3 rings (SSSR count). The van der Waals surface area contributed by atoms with Gasteiger partial charge in [0.1, 0.15) is 5.54 Å². The van der Waals surface area contributed by atoms with E-state index in [1.165, 1.54) is 0 Å². The van der Waals surface area contributed by atoms with Crippen molar-refractivity contribution >= 4 is 17.8 Å². The first-order chi connectivity index (χ1) is 9.09. The molecule has 2 aliphatic rings. The second-order valence-corrected chi connectivity index (χ2v) is 5.23. The molecule has 0 spiro atoms. The summed E-state index contributed by atoms with van der Waals surface area (Å²) < 4.78 is 1.93. The Labute approximate surface area is 110 Å². The van der Waals surface area contributed by atoms with Gasteiger partial charge in [0.25, 0.3) is 5.91 Å². The highest BCUT2D eigenvalue weighted by Gasteiger charge is 2.51. The van der Waals surface area contributed by atoms with Crippen molar-refractivity contribution in [2.75, 3.05) is 5.32 Å². The van der Waals surface area contributed by atoms with Gasteiger partial charge in [0.15, 0.2) is 5.82 Å². The van der Waals surface area contributed by atoms with Gasteiger partial charge in [0.2, 0.25) is 0 Å². The maximum atomic E-state index is 12.1. The van der Waals surface area contributed by atoms with Crippen LogP contribution in [0.15, 0.2) is 6.07 Å². The minimum Gasteiger partial charge on any atom is -0.352 e. The summed E-state index contributed by atoms with van der Waals surface area (Å²) in [5, 5.41) is 9.62. The van der Waals surface area contributed by atoms with Crippen molar-refractivity contribution in [3.05, 3.63) is 11.8 Å². The number of aryl methyl sites for hydroxylation is 2. The summed E-state index contributed by atoms with van der Waals surface area (Å²) in [4.78, 5) is 23.0. The van der Waals surface area contributed by atoms with Gasteiger partial charge in [0, 0.05) is 18.3 Å². The SMILES string of the molecule is NC(=O)NC1(C(=O)Nc2cc3n(n2)CCCC3)CC1. The average Bonchev–Trinajstić information content (AvgIpc) is 3.01. The van der Waals surface area contributed by atoms with E-state index in [-0.39, 0.29) is 5.91 Å². The number of aromatic nitrogens is 2. The number of carbonyl (C=O) groups is 2. The van der Waals surface area contributed by atoms with Crippen molar-refractivity contribution in [1.82, 2.24) is 15.1 Å². The molecule has 7 heteroatoms. The van der Waals surface area contributed by atoms with Gasteiger partial charge in [0.05, 0.1) is 0 Å². The Hall–Kier alpha value is -2.05. The molecule has 0 saturated heterocycles. The molecule has 102 valence electrons. The zero-order valence-electron chi connectivity index (χ0n) is 10.6. The number of amides is 3. The van der Waals surface area contributed by atoms with Crippen molar-refractivity contribution in [2.24, 2.45) is 5.73 Å². The zero-order chi connectivity index (χ0) is 13.5. The van der Waals surface area contributed by atoms with Crippen molar-refractivity contribution in [2.45, 2.75) is 44.2 Å². The van der Waals surface area contributed by atoms with Gasteiger partial charge in [-0.1, -0.05) is 0 Å². The Morgan fingerprint density at radius 3 is 2.79 bits per heavy atom. The van der Waals surface area contributed by atoms with E-state index in [2.05, 4.69) is 15.7 Å². The molecule has 1 aliphatic heterocycles. The second-order valence-electron chi connectivity index (χ2n) is 5.23. The predicted octanol–water partition coefficient (Wildman–Crippen LogP) is 0.359. The van der Waals surface area contributed by atoms with E-state index in [4.69, 9.17) is 5.73 Å². The van der Waals surface area contributed by atoms with Crippen LogP contribution in [0.4, 0.5) is 10.6 Å². The number of rotatable bonds is 3. The fraction of sp³-hybridized carbons (Fsp3) is 0.583. The number of urea groups is 1. The first-order valence-corrected chi connectivity index (χ1v) is 6.55. The van der Waals surface area contributed by atoms with Gasteiger partial charge in [-0.25, -0.2) is 4.79 Å². The summed E-state index contributed by atoms with van der Waals surface area (Å²) in [6.07, 6.45) is 4.51. The Morgan fingerprint density at radius 2 is 2.16 bits per heavy atom. The van der Waals surface area contributed by atoms with Gasteiger partial charge < -0.3 is 16.4 Å². The van der Waals surface area contributed by atoms with Gasteiger partial charge in [-0.2, -0.15) is 5.10 Å². The summed E-state index contributed by atoms with van der Waals surface area (Å²) in [5.74, 6) is 0.321. The summed E-state index contributed by atoms with van der Waals surface area (Å²) in [7, 11) is 0. The van der Waals surface area contributed by atoms with Crippen LogP contribution in [-0.2, 0) is 17.8 Å². The van der Waals surface area contributed by atoms with Crippen LogP contribution in [-0.4, -0.2) is 27.3 Å². The lowest BCUT2D eigenvalue weighted by atomic mass is 10.1. The predicted molar refractivity (Wildman–Crippen MR) is 68.5 cm³/mol. The first-order valence-electron chi connectivity index (χ1n) is 6.55. The highest BCUT2D eigenvalue weighted by Crippen LogP contribution is 2.36. The van der Waals surface area contributed by atoms with Gasteiger partial charge in [-0.3, -0.25) is 9.48 Å². The maximum absolute atomic E-state index is 12.1. The Kier molecular flexibility index (Phi) is 2.69. The Morgan fingerprint density at radius 1 is 1.37 bits per heavy atom. The van der Waals surface area contributed by atoms with E-state index < -0.39 is 11.6 Å². The number of nitrogens with two attached hydrogens (primary N) is 1. The molecular weight excluding hydrogens is 246 g/mol. The summed E-state index contributed by atoms with van der Waals surface area (Å²) in [6.45, 7) is 0.899. The lowest BCUT2D eigenvalue weighted by molar-refractivity contribution is -0.118. The van der Waals surface area contributed by atoms with Crippen LogP contribution >= 0.6 is 0 Å². The molecule has 0 bridgehead atoms. The summed E-state index contributed by atoms with van der Waals surface area (Å²) >= 11 is 0. The Balaban J connectivity index is 1.69. The molecule has 0 aromatic carbocycles. The van der Waals surface area contributed by atoms with E-state index in [0.29, 0.717) is 18.7 Å². The van der Waals surface area contributed by atoms with E-state index in [9.17, 15) is 9.59 Å². The van der Waals surface area contributed by atoms with Crippen LogP contribution in [0.2, 0.25) is 0 Å². The number of fused-ring (bicyclic) bond motifs is 1. The molecule has 1 aromatic rings. The monoisotopic (exact) mass is 263 g/mol. The highest BCUT2D eigenvalue weighted by molar-refractivity contribution is 6.01. The molecule has 1 saturated carbocycles. The van der Waals surface area contributed by atoms with Crippen molar-refractivity contribution in [3.8, 4) is 0 Å². The van der Waals surface area contributed by atoms with E-state index in [1.807, 2.05) is 10.7 Å². The molecule has 0 radical (unpaired) electrons. The van der Waals surface area contributed by atoms with Crippen LogP contribution in [0.5, 0.6) is 0 Å². The summed E-state index contributed by atoms with van der Waals surface area (Å²) in [5.41, 5.74) is 5.40. The molecule has 3 amide bonds. The van der Waals surface area contributed by atoms with Crippen molar-refractivity contribution in [3.63, 3.8) is 0 Å². The second kappa shape index (κ2) is 4.25. The number of hydrogen-bond acceptors (Lipinski definition) is 3. The van der Waals surface area contributed by atoms with E-state index >= 15 is 0 Å². The molecule has 19 heavy (non-hydrogen) atoms. The van der Waals surface area contributed by atoms with Crippen molar-refractivity contribution < 1.29 is 9.59 Å². The first kappa shape index (κ1) is 12.0. The fourth-order valence-corrected chi connectivity index (χ4v) is 2.48. The smallest absolute Gasteiger partial charge is 0.313 e. The van der Waals surface area contributed by atoms with Crippen LogP contribution < -0.4 is 16.4 Å². The maximum Gasteiger partial charge on any atom is 0.313 e. The minimum absolute atomic E-state index is 0.234. The molecule has 7 nitrogen and oxygen atoms in total. The number of hydrogen-bond donors (Lipinski definition) is 3. The van der Waals surface area contributed by atoms with Crippen LogP contribution in [0, 0.1) is 0 Å². The van der Waals surface area contributed by atoms with E-state index in [0.717, 1.165) is 31.5 Å². The third kappa shape index (κ3) is 2.27. The molecule has 0 atom stereocenters. The number of anilines is 1. The molecule has 1 aliphatic carbocycles. The third-order valence-corrected chi connectivity index (χ3v) is 3.70. The van der Waals surface area contributed by atoms with E-state index in [1.54, 1.807) is 0 Å². The minimum atomic E-state index is -0.823. The molecule has 1 aromatic heterocycles. The van der Waals surface area contributed by atoms with Gasteiger partial charge in [-0.15, -0.1) is 0 Å². The molecule has 4 N–H and O–H groups in total. The largest absolute Gasteiger partial charge is 0.352 e. The standard InChI is InChI=1S/C12H17N5O2/c13-11(19)15-12(4-5-12)10(18)14-9-7-8-3-1-2-6-17(8)16-9/h7H,1-6H2,(H3,13,15,19)(H,14,16,18). The lowest BCUT2D eigenvalue weighted by Crippen LogP contribution is -2.48. The molecular formula is C12H17N5O2. The number of primary amides is 1.